The Labute approximate surface area is 141 Å². The van der Waals surface area contributed by atoms with E-state index in [2.05, 4.69) is 6.92 Å². The van der Waals surface area contributed by atoms with E-state index in [1.54, 1.807) is 0 Å². The lowest BCUT2D eigenvalue weighted by atomic mass is 10.1. The fourth-order valence-electron chi connectivity index (χ4n) is 3.03. The maximum atomic E-state index is 9.99. The second kappa shape index (κ2) is 13.1. The van der Waals surface area contributed by atoms with Crippen LogP contribution in [0, 0.1) is 0 Å². The van der Waals surface area contributed by atoms with Crippen LogP contribution < -0.4 is 0 Å². The van der Waals surface area contributed by atoms with E-state index in [0.29, 0.717) is 6.61 Å². The van der Waals surface area contributed by atoms with Gasteiger partial charge in [-0.1, -0.05) is 64.7 Å². The van der Waals surface area contributed by atoms with Crippen LogP contribution in [0.5, 0.6) is 0 Å². The van der Waals surface area contributed by atoms with Gasteiger partial charge in [-0.05, 0) is 6.42 Å². The van der Waals surface area contributed by atoms with Crippen molar-refractivity contribution in [2.45, 2.75) is 95.5 Å². The Morgan fingerprint density at radius 1 is 1.00 bits per heavy atom. The van der Waals surface area contributed by atoms with Crippen LogP contribution in [0.2, 0.25) is 0 Å². The van der Waals surface area contributed by atoms with Crippen LogP contribution in [0.1, 0.15) is 71.1 Å². The molecular formula is C18H36O5. The first-order valence-corrected chi connectivity index (χ1v) is 9.40. The molecule has 1 rings (SSSR count). The van der Waals surface area contributed by atoms with Crippen LogP contribution in [-0.2, 0) is 9.47 Å². The zero-order chi connectivity index (χ0) is 16.9. The number of hydrogen-bond donors (Lipinski definition) is 3. The van der Waals surface area contributed by atoms with E-state index in [-0.39, 0.29) is 12.7 Å². The van der Waals surface area contributed by atoms with Gasteiger partial charge in [0.05, 0.1) is 13.2 Å². The summed E-state index contributed by atoms with van der Waals surface area (Å²) in [7, 11) is 0. The monoisotopic (exact) mass is 332 g/mol. The van der Waals surface area contributed by atoms with Crippen LogP contribution in [0.15, 0.2) is 0 Å². The Hall–Kier alpha value is -0.200. The van der Waals surface area contributed by atoms with Crippen molar-refractivity contribution >= 4 is 0 Å². The molecule has 0 aromatic rings. The van der Waals surface area contributed by atoms with Gasteiger partial charge in [-0.2, -0.15) is 0 Å². The first kappa shape index (κ1) is 20.8. The van der Waals surface area contributed by atoms with Gasteiger partial charge in [-0.25, -0.2) is 0 Å². The minimum Gasteiger partial charge on any atom is -0.394 e. The van der Waals surface area contributed by atoms with Crippen molar-refractivity contribution in [3.8, 4) is 0 Å². The minimum absolute atomic E-state index is 0.278. The molecule has 0 bridgehead atoms. The van der Waals surface area contributed by atoms with Gasteiger partial charge < -0.3 is 24.8 Å². The molecule has 5 nitrogen and oxygen atoms in total. The van der Waals surface area contributed by atoms with Gasteiger partial charge in [-0.15, -0.1) is 0 Å². The van der Waals surface area contributed by atoms with Crippen molar-refractivity contribution in [2.24, 2.45) is 0 Å². The molecule has 0 saturated carbocycles. The average Bonchev–Trinajstić information content (AvgIpc) is 2.93. The molecule has 3 N–H and O–H groups in total. The maximum Gasteiger partial charge on any atom is 0.114 e. The van der Waals surface area contributed by atoms with Gasteiger partial charge in [0, 0.05) is 6.61 Å². The quantitative estimate of drug-likeness (QED) is 0.426. The van der Waals surface area contributed by atoms with Crippen molar-refractivity contribution in [2.75, 3.05) is 19.8 Å². The van der Waals surface area contributed by atoms with E-state index >= 15 is 0 Å². The molecule has 138 valence electrons. The lowest BCUT2D eigenvalue weighted by molar-refractivity contribution is -0.0730. The predicted octanol–water partition coefficient (Wildman–Crippen LogP) is 2.41. The van der Waals surface area contributed by atoms with Gasteiger partial charge in [-0.3, -0.25) is 0 Å². The largest absolute Gasteiger partial charge is 0.394 e. The van der Waals surface area contributed by atoms with Crippen LogP contribution in [0.4, 0.5) is 0 Å². The maximum absolute atomic E-state index is 9.99. The molecule has 0 radical (unpaired) electrons. The number of unbranched alkanes of at least 4 members (excludes halogenated alkanes) is 9. The molecule has 0 aromatic heterocycles. The second-order valence-electron chi connectivity index (χ2n) is 6.63. The summed E-state index contributed by atoms with van der Waals surface area (Å²) in [5.41, 5.74) is 0. The third-order valence-electron chi connectivity index (χ3n) is 4.57. The zero-order valence-corrected chi connectivity index (χ0v) is 14.7. The van der Waals surface area contributed by atoms with Crippen molar-refractivity contribution in [3.05, 3.63) is 0 Å². The lowest BCUT2D eigenvalue weighted by Gasteiger charge is -2.20. The Morgan fingerprint density at radius 2 is 1.57 bits per heavy atom. The highest BCUT2D eigenvalue weighted by molar-refractivity contribution is 4.88. The van der Waals surface area contributed by atoms with E-state index in [1.807, 2.05) is 0 Å². The van der Waals surface area contributed by atoms with Gasteiger partial charge >= 0.3 is 0 Å². The van der Waals surface area contributed by atoms with E-state index < -0.39 is 24.9 Å². The molecule has 0 unspecified atom stereocenters. The molecule has 0 aromatic carbocycles. The molecule has 0 spiro atoms. The number of rotatable bonds is 14. The van der Waals surface area contributed by atoms with Gasteiger partial charge in [0.2, 0.25) is 0 Å². The number of hydrogen-bond acceptors (Lipinski definition) is 5. The predicted molar refractivity (Wildman–Crippen MR) is 90.4 cm³/mol. The summed E-state index contributed by atoms with van der Waals surface area (Å²) in [6.45, 7) is 2.73. The second-order valence-corrected chi connectivity index (χ2v) is 6.63. The summed E-state index contributed by atoms with van der Waals surface area (Å²) < 4.78 is 10.9. The molecule has 1 heterocycles. The zero-order valence-electron chi connectivity index (χ0n) is 14.7. The van der Waals surface area contributed by atoms with Crippen LogP contribution in [0.25, 0.3) is 0 Å². The number of ether oxygens (including phenoxy) is 2. The van der Waals surface area contributed by atoms with Crippen molar-refractivity contribution in [1.82, 2.24) is 0 Å². The normalized spacial score (nSPS) is 25.8. The summed E-state index contributed by atoms with van der Waals surface area (Å²) >= 11 is 0. The molecule has 1 aliphatic rings. The molecular weight excluding hydrogens is 296 g/mol. The molecule has 5 heteroatoms. The van der Waals surface area contributed by atoms with Crippen LogP contribution >= 0.6 is 0 Å². The summed E-state index contributed by atoms with van der Waals surface area (Å²) in [6, 6.07) is 0. The Morgan fingerprint density at radius 3 is 2.13 bits per heavy atom. The highest BCUT2D eigenvalue weighted by Gasteiger charge is 2.40. The fourth-order valence-corrected chi connectivity index (χ4v) is 3.03. The highest BCUT2D eigenvalue weighted by atomic mass is 16.6. The molecule has 4 atom stereocenters. The number of aliphatic hydroxyl groups excluding tert-OH is 3. The third-order valence-corrected chi connectivity index (χ3v) is 4.57. The van der Waals surface area contributed by atoms with Crippen molar-refractivity contribution < 1.29 is 24.8 Å². The van der Waals surface area contributed by atoms with Crippen molar-refractivity contribution in [3.63, 3.8) is 0 Å². The smallest absolute Gasteiger partial charge is 0.114 e. The first-order chi connectivity index (χ1) is 11.2. The standard InChI is InChI=1S/C18H36O5/c1-2-3-4-5-6-7-8-9-10-11-12-22-16-14-23-18(17(16)21)15(20)13-19/h15-21H,2-14H2,1H3/t15-,16+,17-,18-/m1/s1. The van der Waals surface area contributed by atoms with Crippen LogP contribution in [0.3, 0.4) is 0 Å². The molecule has 1 saturated heterocycles. The molecule has 1 fully saturated rings. The Balaban J connectivity index is 1.92. The van der Waals surface area contributed by atoms with E-state index in [4.69, 9.17) is 14.6 Å². The molecule has 1 aliphatic heterocycles. The van der Waals surface area contributed by atoms with Gasteiger partial charge in [0.25, 0.3) is 0 Å². The third kappa shape index (κ3) is 8.45. The topological polar surface area (TPSA) is 79.2 Å². The number of aliphatic hydroxyl groups is 3. The lowest BCUT2D eigenvalue weighted by Crippen LogP contribution is -2.41. The molecule has 23 heavy (non-hydrogen) atoms. The fraction of sp³-hybridized carbons (Fsp3) is 1.00. The summed E-state index contributed by atoms with van der Waals surface area (Å²) in [5.74, 6) is 0. The van der Waals surface area contributed by atoms with Gasteiger partial charge in [0.1, 0.15) is 24.4 Å². The van der Waals surface area contributed by atoms with Crippen LogP contribution in [-0.4, -0.2) is 59.6 Å². The van der Waals surface area contributed by atoms with E-state index in [9.17, 15) is 10.2 Å². The average molecular weight is 332 g/mol. The Kier molecular flexibility index (Phi) is 11.9. The van der Waals surface area contributed by atoms with E-state index in [0.717, 1.165) is 12.8 Å². The summed E-state index contributed by atoms with van der Waals surface area (Å²) in [6.07, 6.45) is 9.77. The Bertz CT molecular complexity index is 274. The summed E-state index contributed by atoms with van der Waals surface area (Å²) in [4.78, 5) is 0. The molecule has 0 amide bonds. The van der Waals surface area contributed by atoms with E-state index in [1.165, 1.54) is 51.4 Å². The highest BCUT2D eigenvalue weighted by Crippen LogP contribution is 2.20. The van der Waals surface area contributed by atoms with Crippen molar-refractivity contribution in [1.29, 1.82) is 0 Å². The SMILES string of the molecule is CCCCCCCCCCCCO[C@H]1CO[C@H]([C@H](O)CO)[C@@H]1O. The summed E-state index contributed by atoms with van der Waals surface area (Å²) in [5, 5.41) is 28.4. The first-order valence-electron chi connectivity index (χ1n) is 9.40. The molecule has 0 aliphatic carbocycles. The van der Waals surface area contributed by atoms with Gasteiger partial charge in [0.15, 0.2) is 0 Å². The minimum atomic E-state index is -1.05.